The standard InChI is InChI=1S/C20H30ClNO5/c1-5-26-16-10-8-15(9-11-16)14-17(18(23)24)22(13-7-6-12-21)19(25)27-20(2,3)4/h8-11,17H,5-7,12-14H2,1-4H3,(H,23,24)/t17-/m0/s1. The normalized spacial score (nSPS) is 12.3. The van der Waals surface area contributed by atoms with Crippen molar-refractivity contribution in [3.8, 4) is 5.75 Å². The topological polar surface area (TPSA) is 76.1 Å². The van der Waals surface area contributed by atoms with Crippen molar-refractivity contribution in [2.75, 3.05) is 19.0 Å². The second-order valence-electron chi connectivity index (χ2n) is 7.20. The number of carbonyl (C=O) groups excluding carboxylic acids is 1. The molecule has 1 aromatic carbocycles. The van der Waals surface area contributed by atoms with Gasteiger partial charge in [0.05, 0.1) is 6.61 Å². The van der Waals surface area contributed by atoms with E-state index in [0.29, 0.717) is 25.3 Å². The Morgan fingerprint density at radius 1 is 1.19 bits per heavy atom. The number of carbonyl (C=O) groups is 2. The average Bonchev–Trinajstić information content (AvgIpc) is 2.57. The van der Waals surface area contributed by atoms with Crippen LogP contribution < -0.4 is 4.74 Å². The summed E-state index contributed by atoms with van der Waals surface area (Å²) in [6.45, 7) is 7.99. The number of hydrogen-bond donors (Lipinski definition) is 1. The van der Waals surface area contributed by atoms with E-state index in [1.165, 1.54) is 4.90 Å². The molecule has 0 spiro atoms. The summed E-state index contributed by atoms with van der Waals surface area (Å²) in [7, 11) is 0. The van der Waals surface area contributed by atoms with Crippen LogP contribution in [0.4, 0.5) is 4.79 Å². The number of aliphatic carboxylic acids is 1. The van der Waals surface area contributed by atoms with Crippen LogP contribution >= 0.6 is 11.6 Å². The Morgan fingerprint density at radius 3 is 2.30 bits per heavy atom. The fourth-order valence-corrected chi connectivity index (χ4v) is 2.70. The molecule has 7 heteroatoms. The third-order valence-electron chi connectivity index (χ3n) is 3.74. The van der Waals surface area contributed by atoms with E-state index in [0.717, 1.165) is 11.3 Å². The molecule has 1 rings (SSSR count). The summed E-state index contributed by atoms with van der Waals surface area (Å²) in [6, 6.07) is 6.19. The Bertz CT molecular complexity index is 597. The summed E-state index contributed by atoms with van der Waals surface area (Å²) >= 11 is 5.72. The van der Waals surface area contributed by atoms with E-state index in [2.05, 4.69) is 0 Å². The second-order valence-corrected chi connectivity index (χ2v) is 7.58. The van der Waals surface area contributed by atoms with Gasteiger partial charge >= 0.3 is 12.1 Å². The largest absolute Gasteiger partial charge is 0.494 e. The highest BCUT2D eigenvalue weighted by Crippen LogP contribution is 2.18. The Balaban J connectivity index is 2.99. The lowest BCUT2D eigenvalue weighted by Crippen LogP contribution is -2.48. The molecular weight excluding hydrogens is 370 g/mol. The van der Waals surface area contributed by atoms with Crippen molar-refractivity contribution in [1.82, 2.24) is 4.90 Å². The minimum absolute atomic E-state index is 0.182. The summed E-state index contributed by atoms with van der Waals surface area (Å²) in [5, 5.41) is 9.75. The minimum Gasteiger partial charge on any atom is -0.494 e. The van der Waals surface area contributed by atoms with Crippen molar-refractivity contribution in [1.29, 1.82) is 0 Å². The van der Waals surface area contributed by atoms with Crippen molar-refractivity contribution in [3.63, 3.8) is 0 Å². The number of alkyl halides is 1. The highest BCUT2D eigenvalue weighted by molar-refractivity contribution is 6.17. The van der Waals surface area contributed by atoms with Gasteiger partial charge in [-0.2, -0.15) is 0 Å². The molecule has 0 aromatic heterocycles. The number of carboxylic acids is 1. The molecule has 0 saturated carbocycles. The Hall–Kier alpha value is -1.95. The van der Waals surface area contributed by atoms with Crippen molar-refractivity contribution in [3.05, 3.63) is 29.8 Å². The molecule has 0 fully saturated rings. The molecule has 1 aromatic rings. The van der Waals surface area contributed by atoms with Crippen LogP contribution in [0.2, 0.25) is 0 Å². The molecule has 0 heterocycles. The Labute approximate surface area is 166 Å². The Kier molecular flexibility index (Phi) is 9.43. The van der Waals surface area contributed by atoms with Gasteiger partial charge in [0.15, 0.2) is 0 Å². The highest BCUT2D eigenvalue weighted by atomic mass is 35.5. The predicted molar refractivity (Wildman–Crippen MR) is 106 cm³/mol. The van der Waals surface area contributed by atoms with Crippen LogP contribution in [0, 0.1) is 0 Å². The molecule has 152 valence electrons. The quantitative estimate of drug-likeness (QED) is 0.468. The van der Waals surface area contributed by atoms with E-state index < -0.39 is 23.7 Å². The van der Waals surface area contributed by atoms with E-state index in [1.54, 1.807) is 32.9 Å². The third-order valence-corrected chi connectivity index (χ3v) is 4.00. The maximum atomic E-state index is 12.6. The molecule has 1 atom stereocenters. The molecule has 1 N–H and O–H groups in total. The number of carboxylic acid groups (broad SMARTS) is 1. The number of amides is 1. The Morgan fingerprint density at radius 2 is 1.81 bits per heavy atom. The number of hydrogen-bond acceptors (Lipinski definition) is 4. The zero-order valence-electron chi connectivity index (χ0n) is 16.5. The van der Waals surface area contributed by atoms with Crippen molar-refractivity contribution >= 4 is 23.7 Å². The summed E-state index contributed by atoms with van der Waals surface area (Å²) in [4.78, 5) is 25.8. The van der Waals surface area contributed by atoms with Crippen molar-refractivity contribution in [2.45, 2.75) is 58.6 Å². The molecule has 0 radical (unpaired) electrons. The summed E-state index contributed by atoms with van der Waals surface area (Å²) in [6.07, 6.45) is 0.851. The number of benzene rings is 1. The van der Waals surface area contributed by atoms with Crippen LogP contribution in [0.15, 0.2) is 24.3 Å². The van der Waals surface area contributed by atoms with Crippen LogP contribution in [0.25, 0.3) is 0 Å². The number of ether oxygens (including phenoxy) is 2. The van der Waals surface area contributed by atoms with Gasteiger partial charge in [-0.05, 0) is 58.2 Å². The zero-order chi connectivity index (χ0) is 20.4. The zero-order valence-corrected chi connectivity index (χ0v) is 17.3. The van der Waals surface area contributed by atoms with Gasteiger partial charge in [-0.1, -0.05) is 12.1 Å². The minimum atomic E-state index is -1.07. The molecule has 1 amide bonds. The van der Waals surface area contributed by atoms with Crippen molar-refractivity contribution < 1.29 is 24.2 Å². The lowest BCUT2D eigenvalue weighted by Gasteiger charge is -2.31. The molecule has 0 unspecified atom stereocenters. The van der Waals surface area contributed by atoms with E-state index in [9.17, 15) is 14.7 Å². The van der Waals surface area contributed by atoms with Gasteiger partial charge in [-0.25, -0.2) is 9.59 Å². The van der Waals surface area contributed by atoms with Gasteiger partial charge in [-0.3, -0.25) is 4.90 Å². The number of rotatable bonds is 10. The monoisotopic (exact) mass is 399 g/mol. The van der Waals surface area contributed by atoms with Gasteiger partial charge in [0.25, 0.3) is 0 Å². The van der Waals surface area contributed by atoms with Crippen LogP contribution in [0.3, 0.4) is 0 Å². The van der Waals surface area contributed by atoms with Gasteiger partial charge in [0.1, 0.15) is 17.4 Å². The van der Waals surface area contributed by atoms with Crippen LogP contribution in [0.5, 0.6) is 5.75 Å². The van der Waals surface area contributed by atoms with E-state index in [-0.39, 0.29) is 13.0 Å². The first-order valence-electron chi connectivity index (χ1n) is 9.18. The van der Waals surface area contributed by atoms with Gasteiger partial charge in [0, 0.05) is 18.8 Å². The molecule has 0 saturated heterocycles. The average molecular weight is 400 g/mol. The smallest absolute Gasteiger partial charge is 0.411 e. The number of nitrogens with zero attached hydrogens (tertiary/aromatic N) is 1. The molecule has 0 aliphatic carbocycles. The first kappa shape index (κ1) is 23.1. The third kappa shape index (κ3) is 8.52. The summed E-state index contributed by atoms with van der Waals surface area (Å²) < 4.78 is 10.8. The van der Waals surface area contributed by atoms with E-state index in [4.69, 9.17) is 21.1 Å². The van der Waals surface area contributed by atoms with E-state index >= 15 is 0 Å². The highest BCUT2D eigenvalue weighted by Gasteiger charge is 2.32. The maximum absolute atomic E-state index is 12.6. The lowest BCUT2D eigenvalue weighted by atomic mass is 10.0. The summed E-state index contributed by atoms with van der Waals surface area (Å²) in [5.74, 6) is 0.110. The van der Waals surface area contributed by atoms with Crippen LogP contribution in [-0.4, -0.2) is 52.7 Å². The molecule has 0 aliphatic heterocycles. The fourth-order valence-electron chi connectivity index (χ4n) is 2.51. The summed E-state index contributed by atoms with van der Waals surface area (Å²) in [5.41, 5.74) is 0.0982. The molecule has 0 aliphatic rings. The maximum Gasteiger partial charge on any atom is 0.411 e. The van der Waals surface area contributed by atoms with Crippen molar-refractivity contribution in [2.24, 2.45) is 0 Å². The second kappa shape index (κ2) is 11.0. The molecule has 0 bridgehead atoms. The van der Waals surface area contributed by atoms with Gasteiger partial charge in [0.2, 0.25) is 0 Å². The van der Waals surface area contributed by atoms with Gasteiger partial charge in [-0.15, -0.1) is 11.6 Å². The first-order valence-corrected chi connectivity index (χ1v) is 9.71. The SMILES string of the molecule is CCOc1ccc(C[C@@H](C(=O)O)N(CCCCCl)C(=O)OC(C)(C)C)cc1. The van der Waals surface area contributed by atoms with Gasteiger partial charge < -0.3 is 14.6 Å². The van der Waals surface area contributed by atoms with Crippen LogP contribution in [0.1, 0.15) is 46.1 Å². The number of unbranched alkanes of at least 4 members (excludes halogenated alkanes) is 1. The predicted octanol–water partition coefficient (Wildman–Crippen LogP) is 4.34. The fraction of sp³-hybridized carbons (Fsp3) is 0.600. The van der Waals surface area contributed by atoms with E-state index in [1.807, 2.05) is 19.1 Å². The number of halogens is 1. The first-order chi connectivity index (χ1) is 12.7. The van der Waals surface area contributed by atoms with Crippen LogP contribution in [-0.2, 0) is 16.0 Å². The lowest BCUT2D eigenvalue weighted by molar-refractivity contribution is -0.143. The molecule has 27 heavy (non-hydrogen) atoms. The molecular formula is C20H30ClNO5. The molecule has 6 nitrogen and oxygen atoms in total.